The van der Waals surface area contributed by atoms with E-state index in [-0.39, 0.29) is 12.0 Å². The Morgan fingerprint density at radius 3 is 2.88 bits per heavy atom. The number of carbonyl (C=O) groups excluding carboxylic acids is 1. The Labute approximate surface area is 100.0 Å². The van der Waals surface area contributed by atoms with E-state index < -0.39 is 0 Å². The predicted octanol–water partition coefficient (Wildman–Crippen LogP) is 2.78. The average molecular weight is 240 g/mol. The summed E-state index contributed by atoms with van der Waals surface area (Å²) in [6, 6.07) is 3.66. The SMILES string of the molecule is Cc1cc2c(cc1Cl)OC(C)CC(=O)N2C. The minimum atomic E-state index is -0.116. The molecule has 3 nitrogen and oxygen atoms in total. The first kappa shape index (κ1) is 11.3. The first-order valence-electron chi connectivity index (χ1n) is 5.22. The van der Waals surface area contributed by atoms with Crippen molar-refractivity contribution >= 4 is 23.2 Å². The van der Waals surface area contributed by atoms with Gasteiger partial charge in [-0.3, -0.25) is 4.79 Å². The van der Waals surface area contributed by atoms with Crippen LogP contribution in [0.1, 0.15) is 18.9 Å². The summed E-state index contributed by atoms with van der Waals surface area (Å²) >= 11 is 6.05. The zero-order valence-corrected chi connectivity index (χ0v) is 10.3. The molecular formula is C12H14ClNO2. The van der Waals surface area contributed by atoms with E-state index in [2.05, 4.69) is 0 Å². The quantitative estimate of drug-likeness (QED) is 0.697. The number of rotatable bonds is 0. The maximum atomic E-state index is 11.8. The smallest absolute Gasteiger partial charge is 0.230 e. The second kappa shape index (κ2) is 3.98. The zero-order valence-electron chi connectivity index (χ0n) is 9.58. The van der Waals surface area contributed by atoms with Crippen molar-refractivity contribution < 1.29 is 9.53 Å². The highest BCUT2D eigenvalue weighted by atomic mass is 35.5. The lowest BCUT2D eigenvalue weighted by Crippen LogP contribution is -2.27. The molecule has 4 heteroatoms. The van der Waals surface area contributed by atoms with Crippen molar-refractivity contribution in [2.75, 3.05) is 11.9 Å². The van der Waals surface area contributed by atoms with E-state index in [1.165, 1.54) is 0 Å². The number of aryl methyl sites for hydroxylation is 1. The Bertz CT molecular complexity index is 445. The van der Waals surface area contributed by atoms with E-state index in [0.717, 1.165) is 11.3 Å². The number of ether oxygens (including phenoxy) is 1. The number of hydrogen-bond donors (Lipinski definition) is 0. The average Bonchev–Trinajstić information content (AvgIpc) is 2.29. The molecule has 16 heavy (non-hydrogen) atoms. The van der Waals surface area contributed by atoms with Crippen molar-refractivity contribution in [3.05, 3.63) is 22.7 Å². The van der Waals surface area contributed by atoms with Gasteiger partial charge in [0.25, 0.3) is 0 Å². The van der Waals surface area contributed by atoms with E-state index in [1.807, 2.05) is 19.9 Å². The normalized spacial score (nSPS) is 20.1. The van der Waals surface area contributed by atoms with Crippen LogP contribution in [-0.4, -0.2) is 19.1 Å². The summed E-state index contributed by atoms with van der Waals surface area (Å²) in [6.07, 6.45) is 0.275. The van der Waals surface area contributed by atoms with Gasteiger partial charge in [-0.1, -0.05) is 11.6 Å². The molecule has 0 saturated carbocycles. The van der Waals surface area contributed by atoms with Crippen LogP contribution in [0.4, 0.5) is 5.69 Å². The molecule has 0 saturated heterocycles. The predicted molar refractivity (Wildman–Crippen MR) is 64.3 cm³/mol. The number of benzene rings is 1. The Morgan fingerprint density at radius 2 is 2.19 bits per heavy atom. The molecule has 2 rings (SSSR count). The van der Waals surface area contributed by atoms with Crippen LogP contribution in [0, 0.1) is 6.92 Å². The molecule has 1 aromatic carbocycles. The van der Waals surface area contributed by atoms with Crippen LogP contribution in [0.25, 0.3) is 0 Å². The third kappa shape index (κ3) is 1.87. The van der Waals surface area contributed by atoms with Gasteiger partial charge in [0, 0.05) is 18.1 Å². The third-order valence-corrected chi connectivity index (χ3v) is 3.17. The Hall–Kier alpha value is -1.22. The number of amides is 1. The number of halogens is 1. The molecule has 1 aromatic rings. The van der Waals surface area contributed by atoms with Gasteiger partial charge in [-0.05, 0) is 25.5 Å². The van der Waals surface area contributed by atoms with Gasteiger partial charge in [-0.15, -0.1) is 0 Å². The van der Waals surface area contributed by atoms with Crippen molar-refractivity contribution in [3.8, 4) is 5.75 Å². The highest BCUT2D eigenvalue weighted by Crippen LogP contribution is 2.36. The number of fused-ring (bicyclic) bond motifs is 1. The molecule has 0 aliphatic carbocycles. The molecule has 0 radical (unpaired) electrons. The van der Waals surface area contributed by atoms with E-state index in [4.69, 9.17) is 16.3 Å². The van der Waals surface area contributed by atoms with Crippen LogP contribution >= 0.6 is 11.6 Å². The van der Waals surface area contributed by atoms with E-state index in [1.54, 1.807) is 18.0 Å². The molecule has 1 atom stereocenters. The van der Waals surface area contributed by atoms with Crippen molar-refractivity contribution in [3.63, 3.8) is 0 Å². The molecule has 0 bridgehead atoms. The summed E-state index contributed by atoms with van der Waals surface area (Å²) in [6.45, 7) is 3.80. The summed E-state index contributed by atoms with van der Waals surface area (Å²) in [5, 5.41) is 0.661. The molecule has 0 N–H and O–H groups in total. The molecule has 86 valence electrons. The summed E-state index contributed by atoms with van der Waals surface area (Å²) in [5.74, 6) is 0.740. The molecular weight excluding hydrogens is 226 g/mol. The topological polar surface area (TPSA) is 29.5 Å². The molecule has 1 aliphatic rings. The second-order valence-corrected chi connectivity index (χ2v) is 4.56. The summed E-state index contributed by atoms with van der Waals surface area (Å²) < 4.78 is 5.69. The summed E-state index contributed by atoms with van der Waals surface area (Å²) in [5.41, 5.74) is 1.73. The van der Waals surface area contributed by atoms with Crippen molar-refractivity contribution in [1.29, 1.82) is 0 Å². The standard InChI is InChI=1S/C12H14ClNO2/c1-7-4-10-11(6-9(7)13)16-8(2)5-12(15)14(10)3/h4,6,8H,5H2,1-3H3. The van der Waals surface area contributed by atoms with Crippen LogP contribution in [0.2, 0.25) is 5.02 Å². The number of anilines is 1. The van der Waals surface area contributed by atoms with Crippen LogP contribution in [-0.2, 0) is 4.79 Å². The Morgan fingerprint density at radius 1 is 1.50 bits per heavy atom. The number of carbonyl (C=O) groups is 1. The first-order valence-corrected chi connectivity index (χ1v) is 5.60. The van der Waals surface area contributed by atoms with E-state index >= 15 is 0 Å². The molecule has 1 unspecified atom stereocenters. The highest BCUT2D eigenvalue weighted by Gasteiger charge is 2.24. The maximum absolute atomic E-state index is 11.8. The van der Waals surface area contributed by atoms with E-state index in [0.29, 0.717) is 17.2 Å². The fourth-order valence-corrected chi connectivity index (χ4v) is 1.93. The Balaban J connectivity index is 2.55. The molecule has 1 heterocycles. The fourth-order valence-electron chi connectivity index (χ4n) is 1.78. The van der Waals surface area contributed by atoms with Gasteiger partial charge in [0.1, 0.15) is 11.9 Å². The highest BCUT2D eigenvalue weighted by molar-refractivity contribution is 6.31. The summed E-state index contributed by atoms with van der Waals surface area (Å²) in [7, 11) is 1.76. The van der Waals surface area contributed by atoms with E-state index in [9.17, 15) is 4.79 Å². The van der Waals surface area contributed by atoms with Gasteiger partial charge in [0.2, 0.25) is 5.91 Å². The van der Waals surface area contributed by atoms with Gasteiger partial charge in [0.05, 0.1) is 12.1 Å². The van der Waals surface area contributed by atoms with Crippen molar-refractivity contribution in [2.45, 2.75) is 26.4 Å². The Kier molecular flexibility index (Phi) is 2.80. The van der Waals surface area contributed by atoms with Crippen LogP contribution in [0.15, 0.2) is 12.1 Å². The van der Waals surface area contributed by atoms with Gasteiger partial charge in [0.15, 0.2) is 0 Å². The van der Waals surface area contributed by atoms with Gasteiger partial charge >= 0.3 is 0 Å². The third-order valence-electron chi connectivity index (χ3n) is 2.77. The minimum absolute atomic E-state index is 0.0629. The molecule has 0 aromatic heterocycles. The molecule has 1 amide bonds. The van der Waals surface area contributed by atoms with Crippen molar-refractivity contribution in [2.24, 2.45) is 0 Å². The lowest BCUT2D eigenvalue weighted by atomic mass is 10.2. The molecule has 0 spiro atoms. The number of nitrogens with zero attached hydrogens (tertiary/aromatic N) is 1. The summed E-state index contributed by atoms with van der Waals surface area (Å²) in [4.78, 5) is 13.4. The fraction of sp³-hybridized carbons (Fsp3) is 0.417. The lowest BCUT2D eigenvalue weighted by molar-refractivity contribution is -0.119. The van der Waals surface area contributed by atoms with Crippen LogP contribution in [0.5, 0.6) is 5.75 Å². The van der Waals surface area contributed by atoms with Crippen LogP contribution < -0.4 is 9.64 Å². The second-order valence-electron chi connectivity index (χ2n) is 4.15. The monoisotopic (exact) mass is 239 g/mol. The van der Waals surface area contributed by atoms with Gasteiger partial charge in [-0.2, -0.15) is 0 Å². The lowest BCUT2D eigenvalue weighted by Gasteiger charge is -2.17. The minimum Gasteiger partial charge on any atom is -0.488 e. The van der Waals surface area contributed by atoms with Gasteiger partial charge < -0.3 is 9.64 Å². The van der Waals surface area contributed by atoms with Gasteiger partial charge in [-0.25, -0.2) is 0 Å². The van der Waals surface area contributed by atoms with Crippen molar-refractivity contribution in [1.82, 2.24) is 0 Å². The largest absolute Gasteiger partial charge is 0.488 e. The maximum Gasteiger partial charge on any atom is 0.230 e. The zero-order chi connectivity index (χ0) is 11.9. The molecule has 0 fully saturated rings. The first-order chi connectivity index (χ1) is 7.49. The van der Waals surface area contributed by atoms with Crippen LogP contribution in [0.3, 0.4) is 0 Å². The molecule has 1 aliphatic heterocycles. The number of hydrogen-bond acceptors (Lipinski definition) is 2.